The van der Waals surface area contributed by atoms with Crippen molar-refractivity contribution in [3.05, 3.63) is 57.7 Å². The van der Waals surface area contributed by atoms with Crippen molar-refractivity contribution in [3.63, 3.8) is 0 Å². The average Bonchev–Trinajstić information content (AvgIpc) is 3.06. The van der Waals surface area contributed by atoms with E-state index in [2.05, 4.69) is 25.3 Å². The fourth-order valence-electron chi connectivity index (χ4n) is 2.47. The number of ether oxygens (including phenoxy) is 1. The number of carbonyl (C=O) groups is 1. The lowest BCUT2D eigenvalue weighted by atomic mass is 9.98. The average molecular weight is 425 g/mol. The number of carbonyl (C=O) groups excluding carboxylic acids is 1. The molecule has 0 saturated carbocycles. The second-order valence-corrected chi connectivity index (χ2v) is 7.05. The van der Waals surface area contributed by atoms with Gasteiger partial charge in [0.1, 0.15) is 18.1 Å². The number of Topliss-reactive ketones (excluding diaryl/α,β-unsaturated/α-hetero) is 1. The molecule has 0 aliphatic carbocycles. The van der Waals surface area contributed by atoms with Crippen molar-refractivity contribution in [2.75, 3.05) is 19.8 Å². The van der Waals surface area contributed by atoms with Gasteiger partial charge < -0.3 is 9.84 Å². The van der Waals surface area contributed by atoms with Crippen LogP contribution in [0.3, 0.4) is 0 Å². The van der Waals surface area contributed by atoms with Crippen LogP contribution >= 0.6 is 27.5 Å². The number of nitrogens with zero attached hydrogens (tertiary/aromatic N) is 2. The standard InChI is InChI=1S/C17H14BrFN2O3S/c18-11-2-1-10(14(19)6-11)5-12-13-7-21-25-16(13)8-20-17(12)15(23)9-24-4-3-22/h1-2,6-8,22H,3-5,9H2. The van der Waals surface area contributed by atoms with Crippen molar-refractivity contribution in [2.24, 2.45) is 0 Å². The molecular weight excluding hydrogens is 411 g/mol. The van der Waals surface area contributed by atoms with E-state index in [9.17, 15) is 9.18 Å². The molecule has 0 aliphatic rings. The number of aromatic nitrogens is 2. The van der Waals surface area contributed by atoms with Crippen LogP contribution in [0.2, 0.25) is 0 Å². The highest BCUT2D eigenvalue weighted by Crippen LogP contribution is 2.27. The normalized spacial score (nSPS) is 11.2. The van der Waals surface area contributed by atoms with Crippen LogP contribution in [0, 0.1) is 5.82 Å². The van der Waals surface area contributed by atoms with Crippen molar-refractivity contribution in [1.82, 2.24) is 9.36 Å². The molecule has 1 aromatic carbocycles. The van der Waals surface area contributed by atoms with E-state index in [1.807, 2.05) is 0 Å². The minimum absolute atomic E-state index is 0.0741. The second kappa shape index (κ2) is 8.09. The number of hydrogen-bond acceptors (Lipinski definition) is 6. The maximum absolute atomic E-state index is 14.2. The zero-order chi connectivity index (χ0) is 17.8. The molecule has 3 rings (SSSR count). The van der Waals surface area contributed by atoms with Gasteiger partial charge in [-0.15, -0.1) is 0 Å². The van der Waals surface area contributed by atoms with Gasteiger partial charge in [-0.05, 0) is 34.8 Å². The second-order valence-electron chi connectivity index (χ2n) is 5.30. The first-order chi connectivity index (χ1) is 12.1. The van der Waals surface area contributed by atoms with Crippen LogP contribution in [-0.2, 0) is 11.2 Å². The highest BCUT2D eigenvalue weighted by atomic mass is 79.9. The maximum atomic E-state index is 14.2. The van der Waals surface area contributed by atoms with E-state index < -0.39 is 0 Å². The molecule has 0 radical (unpaired) electrons. The Morgan fingerprint density at radius 1 is 1.36 bits per heavy atom. The number of ketones is 1. The predicted octanol–water partition coefficient (Wildman–Crippen LogP) is 3.38. The zero-order valence-corrected chi connectivity index (χ0v) is 15.4. The van der Waals surface area contributed by atoms with Crippen LogP contribution in [0.5, 0.6) is 0 Å². The third-order valence-corrected chi connectivity index (χ3v) is 4.86. The molecular formula is C17H14BrFN2O3S. The lowest BCUT2D eigenvalue weighted by Gasteiger charge is -2.10. The Labute approximate surface area is 155 Å². The molecule has 3 aromatic rings. The molecule has 130 valence electrons. The summed E-state index contributed by atoms with van der Waals surface area (Å²) in [6.07, 6.45) is 3.48. The van der Waals surface area contributed by atoms with Crippen molar-refractivity contribution >= 4 is 43.3 Å². The SMILES string of the molecule is O=C(COCCO)c1ncc2sncc2c1Cc1ccc(Br)cc1F. The molecule has 0 bridgehead atoms. The van der Waals surface area contributed by atoms with Gasteiger partial charge >= 0.3 is 0 Å². The summed E-state index contributed by atoms with van der Waals surface area (Å²) in [6, 6.07) is 4.82. The van der Waals surface area contributed by atoms with Gasteiger partial charge in [-0.2, -0.15) is 4.37 Å². The van der Waals surface area contributed by atoms with Gasteiger partial charge in [-0.1, -0.05) is 22.0 Å². The van der Waals surface area contributed by atoms with Crippen molar-refractivity contribution < 1.29 is 19.0 Å². The summed E-state index contributed by atoms with van der Waals surface area (Å²) < 4.78 is 25.0. The van der Waals surface area contributed by atoms with E-state index in [-0.39, 0.29) is 43.5 Å². The summed E-state index contributed by atoms with van der Waals surface area (Å²) in [7, 11) is 0. The van der Waals surface area contributed by atoms with Crippen LogP contribution in [0.25, 0.3) is 10.1 Å². The third-order valence-electron chi connectivity index (χ3n) is 3.64. The van der Waals surface area contributed by atoms with E-state index >= 15 is 0 Å². The number of halogens is 2. The number of rotatable bonds is 7. The molecule has 0 amide bonds. The van der Waals surface area contributed by atoms with Crippen LogP contribution in [0.15, 0.2) is 35.1 Å². The Kier molecular flexibility index (Phi) is 5.85. The molecule has 5 nitrogen and oxygen atoms in total. The lowest BCUT2D eigenvalue weighted by molar-refractivity contribution is 0.0659. The first kappa shape index (κ1) is 18.1. The molecule has 0 atom stereocenters. The monoisotopic (exact) mass is 424 g/mol. The molecule has 0 spiro atoms. The van der Waals surface area contributed by atoms with Gasteiger partial charge in [0.25, 0.3) is 0 Å². The van der Waals surface area contributed by atoms with Crippen molar-refractivity contribution in [3.8, 4) is 0 Å². The Balaban J connectivity index is 2.00. The first-order valence-electron chi connectivity index (χ1n) is 7.48. The largest absolute Gasteiger partial charge is 0.394 e. The van der Waals surface area contributed by atoms with Gasteiger partial charge in [0.2, 0.25) is 5.78 Å². The van der Waals surface area contributed by atoms with Crippen LogP contribution in [0.4, 0.5) is 4.39 Å². The summed E-state index contributed by atoms with van der Waals surface area (Å²) in [5.74, 6) is -0.668. The van der Waals surface area contributed by atoms with E-state index in [1.165, 1.54) is 17.6 Å². The van der Waals surface area contributed by atoms with E-state index in [0.717, 1.165) is 10.1 Å². The molecule has 0 unspecified atom stereocenters. The van der Waals surface area contributed by atoms with Gasteiger partial charge in [0.05, 0.1) is 17.9 Å². The van der Waals surface area contributed by atoms with E-state index in [1.54, 1.807) is 24.5 Å². The summed E-state index contributed by atoms with van der Waals surface area (Å²) in [5, 5.41) is 9.55. The summed E-state index contributed by atoms with van der Waals surface area (Å²) in [6.45, 7) is -0.276. The first-order valence-corrected chi connectivity index (χ1v) is 9.04. The molecule has 25 heavy (non-hydrogen) atoms. The number of benzene rings is 1. The topological polar surface area (TPSA) is 72.3 Å². The van der Waals surface area contributed by atoms with Gasteiger partial charge in [-0.3, -0.25) is 9.78 Å². The zero-order valence-electron chi connectivity index (χ0n) is 13.0. The van der Waals surface area contributed by atoms with Crippen molar-refractivity contribution in [1.29, 1.82) is 0 Å². The number of aliphatic hydroxyl groups is 1. The van der Waals surface area contributed by atoms with Gasteiger partial charge in [-0.25, -0.2) is 4.39 Å². The summed E-state index contributed by atoms with van der Waals surface area (Å²) >= 11 is 4.51. The summed E-state index contributed by atoms with van der Waals surface area (Å²) in [4.78, 5) is 16.7. The highest BCUT2D eigenvalue weighted by Gasteiger charge is 2.19. The molecule has 0 aliphatic heterocycles. The molecule has 1 N–H and O–H groups in total. The minimum Gasteiger partial charge on any atom is -0.394 e. The van der Waals surface area contributed by atoms with E-state index in [4.69, 9.17) is 9.84 Å². The molecule has 8 heteroatoms. The summed E-state index contributed by atoms with van der Waals surface area (Å²) in [5.41, 5.74) is 1.34. The highest BCUT2D eigenvalue weighted by molar-refractivity contribution is 9.10. The number of aliphatic hydroxyl groups excluding tert-OH is 1. The van der Waals surface area contributed by atoms with Crippen LogP contribution < -0.4 is 0 Å². The number of hydrogen-bond donors (Lipinski definition) is 1. The van der Waals surface area contributed by atoms with Gasteiger partial charge in [0.15, 0.2) is 0 Å². The Hall–Kier alpha value is -1.74. The lowest BCUT2D eigenvalue weighted by Crippen LogP contribution is -2.15. The molecule has 2 aromatic heterocycles. The minimum atomic E-state index is -0.357. The van der Waals surface area contributed by atoms with Crippen LogP contribution in [-0.4, -0.2) is 40.1 Å². The maximum Gasteiger partial charge on any atom is 0.207 e. The Morgan fingerprint density at radius 2 is 2.20 bits per heavy atom. The van der Waals surface area contributed by atoms with Crippen molar-refractivity contribution in [2.45, 2.75) is 6.42 Å². The fourth-order valence-corrected chi connectivity index (χ4v) is 3.45. The quantitative estimate of drug-likeness (QED) is 0.464. The van der Waals surface area contributed by atoms with E-state index in [0.29, 0.717) is 15.6 Å². The fraction of sp³-hybridized carbons (Fsp3) is 0.235. The predicted molar refractivity (Wildman–Crippen MR) is 96.6 cm³/mol. The van der Waals surface area contributed by atoms with Gasteiger partial charge in [0, 0.05) is 28.7 Å². The van der Waals surface area contributed by atoms with Crippen LogP contribution in [0.1, 0.15) is 21.6 Å². The molecule has 0 saturated heterocycles. The number of fused-ring (bicyclic) bond motifs is 1. The molecule has 0 fully saturated rings. The molecule has 2 heterocycles. The smallest absolute Gasteiger partial charge is 0.207 e. The third kappa shape index (κ3) is 4.09. The Morgan fingerprint density at radius 3 is 2.96 bits per heavy atom. The Bertz CT molecular complexity index is 916. The number of pyridine rings is 1.